The Morgan fingerprint density at radius 3 is 2.83 bits per heavy atom. The van der Waals surface area contributed by atoms with Gasteiger partial charge in [0.15, 0.2) is 12.2 Å². The lowest BCUT2D eigenvalue weighted by molar-refractivity contribution is 0.572. The summed E-state index contributed by atoms with van der Waals surface area (Å²) in [6.45, 7) is 0.527. The van der Waals surface area contributed by atoms with Crippen molar-refractivity contribution in [2.24, 2.45) is 10.2 Å². The highest BCUT2D eigenvalue weighted by molar-refractivity contribution is 5.75. The molecule has 0 unspecified atom stereocenters. The molecule has 0 aliphatic rings. The Morgan fingerprint density at radius 2 is 2.00 bits per heavy atom. The molecule has 4 rings (SSSR count). The smallest absolute Gasteiger partial charge is 0.181 e. The van der Waals surface area contributed by atoms with E-state index in [0.29, 0.717) is 6.54 Å². The summed E-state index contributed by atoms with van der Waals surface area (Å²) in [5, 5.41) is 8.49. The van der Waals surface area contributed by atoms with Crippen molar-refractivity contribution in [3.63, 3.8) is 0 Å². The molecule has 112 valence electrons. The molecule has 0 saturated heterocycles. The molecule has 4 aromatic rings. The Kier molecular flexibility index (Phi) is 3.40. The Morgan fingerprint density at radius 1 is 1.09 bits per heavy atom. The highest BCUT2D eigenvalue weighted by Crippen LogP contribution is 2.22. The van der Waals surface area contributed by atoms with Crippen molar-refractivity contribution < 1.29 is 4.42 Å². The lowest BCUT2D eigenvalue weighted by Gasteiger charge is -1.98. The molecule has 2 aromatic carbocycles. The topological polar surface area (TPSA) is 79.4 Å². The zero-order valence-corrected chi connectivity index (χ0v) is 12.2. The van der Waals surface area contributed by atoms with Gasteiger partial charge in [-0.15, -0.1) is 0 Å². The van der Waals surface area contributed by atoms with Crippen LogP contribution in [-0.4, -0.2) is 15.0 Å². The number of oxazole rings is 1. The van der Waals surface area contributed by atoms with Gasteiger partial charge in [0, 0.05) is 5.56 Å². The highest BCUT2D eigenvalue weighted by atomic mass is 16.3. The number of H-pyrrole nitrogens is 1. The van der Waals surface area contributed by atoms with Gasteiger partial charge in [0.05, 0.1) is 35.8 Å². The largest absolute Gasteiger partial charge is 0.444 e. The summed E-state index contributed by atoms with van der Waals surface area (Å²) in [6.07, 6.45) is 4.79. The molecule has 6 heteroatoms. The summed E-state index contributed by atoms with van der Waals surface area (Å²) < 4.78 is 5.25. The van der Waals surface area contributed by atoms with Crippen LogP contribution in [0.1, 0.15) is 5.56 Å². The van der Waals surface area contributed by atoms with Crippen molar-refractivity contribution in [2.75, 3.05) is 0 Å². The first-order valence-electron chi connectivity index (χ1n) is 7.17. The van der Waals surface area contributed by atoms with E-state index in [1.165, 1.54) is 6.39 Å². The van der Waals surface area contributed by atoms with Gasteiger partial charge in [-0.05, 0) is 42.0 Å². The second kappa shape index (κ2) is 5.84. The first-order valence-corrected chi connectivity index (χ1v) is 7.17. The summed E-state index contributed by atoms with van der Waals surface area (Å²) >= 11 is 0. The van der Waals surface area contributed by atoms with Crippen molar-refractivity contribution in [1.29, 1.82) is 0 Å². The Bertz CT molecular complexity index is 939. The Balaban J connectivity index is 1.45. The van der Waals surface area contributed by atoms with Crippen molar-refractivity contribution in [1.82, 2.24) is 15.0 Å². The minimum atomic E-state index is 0.527. The standard InChI is InChI=1S/C17H13N5O/c1-6-15-16(20-10-19-15)7-12(1)8-21-22-14-4-2-13(3-5-14)17-9-18-11-23-17/h1-7,9-11H,8H2,(H,19,20). The van der Waals surface area contributed by atoms with Gasteiger partial charge >= 0.3 is 0 Å². The number of hydrogen-bond donors (Lipinski definition) is 1. The first kappa shape index (κ1) is 13.4. The van der Waals surface area contributed by atoms with Gasteiger partial charge in [-0.1, -0.05) is 6.07 Å². The van der Waals surface area contributed by atoms with Gasteiger partial charge in [-0.25, -0.2) is 9.97 Å². The SMILES string of the molecule is c1nc2ccc(CN=Nc3ccc(-c4cnco4)cc3)cc2[nH]1. The van der Waals surface area contributed by atoms with Crippen molar-refractivity contribution in [3.8, 4) is 11.3 Å². The van der Waals surface area contributed by atoms with Gasteiger partial charge in [0.2, 0.25) is 0 Å². The number of fused-ring (bicyclic) bond motifs is 1. The Labute approximate surface area is 131 Å². The Hall–Kier alpha value is -3.28. The van der Waals surface area contributed by atoms with E-state index in [0.717, 1.165) is 33.6 Å². The number of imidazole rings is 1. The predicted octanol–water partition coefficient (Wildman–Crippen LogP) is 4.50. The molecule has 0 aliphatic heterocycles. The average molecular weight is 303 g/mol. The van der Waals surface area contributed by atoms with Crippen molar-refractivity contribution in [2.45, 2.75) is 6.54 Å². The molecule has 0 aliphatic carbocycles. The molecule has 0 bridgehead atoms. The summed E-state index contributed by atoms with van der Waals surface area (Å²) in [5.74, 6) is 0.737. The normalized spacial score (nSPS) is 11.5. The lowest BCUT2D eigenvalue weighted by Crippen LogP contribution is -1.80. The monoisotopic (exact) mass is 303 g/mol. The van der Waals surface area contributed by atoms with Crippen molar-refractivity contribution >= 4 is 16.7 Å². The lowest BCUT2D eigenvalue weighted by atomic mass is 10.2. The molecule has 6 nitrogen and oxygen atoms in total. The van der Waals surface area contributed by atoms with E-state index in [-0.39, 0.29) is 0 Å². The quantitative estimate of drug-likeness (QED) is 0.563. The van der Waals surface area contributed by atoms with E-state index in [4.69, 9.17) is 4.42 Å². The van der Waals surface area contributed by atoms with Crippen LogP contribution < -0.4 is 0 Å². The average Bonchev–Trinajstić information content (AvgIpc) is 3.27. The predicted molar refractivity (Wildman–Crippen MR) is 86.3 cm³/mol. The molecule has 0 amide bonds. The molecular weight excluding hydrogens is 290 g/mol. The number of nitrogens with zero attached hydrogens (tertiary/aromatic N) is 4. The molecule has 0 saturated carbocycles. The minimum Gasteiger partial charge on any atom is -0.444 e. The second-order valence-corrected chi connectivity index (χ2v) is 5.07. The summed E-state index contributed by atoms with van der Waals surface area (Å²) in [6, 6.07) is 13.7. The summed E-state index contributed by atoms with van der Waals surface area (Å²) in [4.78, 5) is 11.2. The van der Waals surface area contributed by atoms with E-state index in [1.54, 1.807) is 12.5 Å². The van der Waals surface area contributed by atoms with Gasteiger partial charge < -0.3 is 9.40 Å². The number of aromatic nitrogens is 3. The number of rotatable bonds is 4. The minimum absolute atomic E-state index is 0.527. The van der Waals surface area contributed by atoms with Gasteiger partial charge in [0.25, 0.3) is 0 Å². The molecule has 2 aromatic heterocycles. The van der Waals surface area contributed by atoms with Crippen LogP contribution in [-0.2, 0) is 6.54 Å². The molecule has 0 atom stereocenters. The third kappa shape index (κ3) is 2.87. The van der Waals surface area contributed by atoms with Crippen LogP contribution in [0.2, 0.25) is 0 Å². The third-order valence-electron chi connectivity index (χ3n) is 3.51. The van der Waals surface area contributed by atoms with Crippen LogP contribution in [0, 0.1) is 0 Å². The summed E-state index contributed by atoms with van der Waals surface area (Å²) in [7, 11) is 0. The van der Waals surface area contributed by atoms with Crippen molar-refractivity contribution in [3.05, 3.63) is 66.9 Å². The molecule has 23 heavy (non-hydrogen) atoms. The maximum atomic E-state index is 5.25. The third-order valence-corrected chi connectivity index (χ3v) is 3.51. The van der Waals surface area contributed by atoms with Crippen LogP contribution >= 0.6 is 0 Å². The van der Waals surface area contributed by atoms with Crippen LogP contribution in [0.15, 0.2) is 76.0 Å². The van der Waals surface area contributed by atoms with Gasteiger partial charge in [-0.2, -0.15) is 10.2 Å². The fraction of sp³-hybridized carbons (Fsp3) is 0.0588. The van der Waals surface area contributed by atoms with E-state index in [1.807, 2.05) is 42.5 Å². The van der Waals surface area contributed by atoms with Crippen LogP contribution in [0.4, 0.5) is 5.69 Å². The van der Waals surface area contributed by atoms with E-state index in [2.05, 4.69) is 25.2 Å². The maximum absolute atomic E-state index is 5.25. The number of benzene rings is 2. The molecular formula is C17H13N5O. The number of hydrogen-bond acceptors (Lipinski definition) is 5. The highest BCUT2D eigenvalue weighted by Gasteiger charge is 2.01. The van der Waals surface area contributed by atoms with Gasteiger partial charge in [-0.3, -0.25) is 0 Å². The number of nitrogens with one attached hydrogen (secondary N) is 1. The van der Waals surface area contributed by atoms with E-state index >= 15 is 0 Å². The maximum Gasteiger partial charge on any atom is 0.181 e. The zero-order chi connectivity index (χ0) is 15.5. The van der Waals surface area contributed by atoms with E-state index in [9.17, 15) is 0 Å². The van der Waals surface area contributed by atoms with Gasteiger partial charge in [0.1, 0.15) is 0 Å². The molecule has 0 spiro atoms. The second-order valence-electron chi connectivity index (χ2n) is 5.07. The van der Waals surface area contributed by atoms with Crippen LogP contribution in [0.5, 0.6) is 0 Å². The first-order chi connectivity index (χ1) is 11.4. The fourth-order valence-corrected chi connectivity index (χ4v) is 2.33. The van der Waals surface area contributed by atoms with Crippen LogP contribution in [0.25, 0.3) is 22.4 Å². The fourth-order valence-electron chi connectivity index (χ4n) is 2.33. The summed E-state index contributed by atoms with van der Waals surface area (Å²) in [5.41, 5.74) is 4.81. The molecule has 2 heterocycles. The molecule has 0 radical (unpaired) electrons. The number of azo groups is 1. The molecule has 1 N–H and O–H groups in total. The number of aromatic amines is 1. The zero-order valence-electron chi connectivity index (χ0n) is 12.2. The van der Waals surface area contributed by atoms with Crippen LogP contribution in [0.3, 0.4) is 0 Å². The van der Waals surface area contributed by atoms with E-state index < -0.39 is 0 Å². The molecule has 0 fully saturated rings.